The highest BCUT2D eigenvalue weighted by atomic mass is 79.9. The van der Waals surface area contributed by atoms with Crippen molar-refractivity contribution in [2.45, 2.75) is 31.6 Å². The first-order chi connectivity index (χ1) is 56.4. The third-order valence-corrected chi connectivity index (χ3v) is 19.9. The van der Waals surface area contributed by atoms with Crippen LogP contribution in [0.3, 0.4) is 0 Å². The van der Waals surface area contributed by atoms with Crippen molar-refractivity contribution in [1.29, 1.82) is 0 Å². The van der Waals surface area contributed by atoms with Crippen molar-refractivity contribution >= 4 is 201 Å². The van der Waals surface area contributed by atoms with Crippen LogP contribution in [0.4, 0.5) is 22.7 Å². The van der Waals surface area contributed by atoms with E-state index in [0.29, 0.717) is 65.1 Å². The molecule has 0 aliphatic rings. The summed E-state index contributed by atoms with van der Waals surface area (Å²) in [6.07, 6.45) is 2.16. The van der Waals surface area contributed by atoms with Crippen molar-refractivity contribution < 1.29 is 38.4 Å². The summed E-state index contributed by atoms with van der Waals surface area (Å²) in [5.41, 5.74) is 6.35. The molecular formula is C89H66Br4Cl4N12O8. The monoisotopic (exact) mass is 1890 g/mol. The predicted octanol–water partition coefficient (Wildman–Crippen LogP) is 20.8. The van der Waals surface area contributed by atoms with Gasteiger partial charge in [-0.1, -0.05) is 179 Å². The van der Waals surface area contributed by atoms with E-state index in [4.69, 9.17) is 46.4 Å². The molecule has 0 fully saturated rings. The largest absolute Gasteiger partial charge is 0.359 e. The van der Waals surface area contributed by atoms with Gasteiger partial charge in [-0.3, -0.25) is 38.4 Å². The fourth-order valence-electron chi connectivity index (χ4n) is 11.2. The lowest BCUT2D eigenvalue weighted by molar-refractivity contribution is 0.0866. The summed E-state index contributed by atoms with van der Waals surface area (Å²) in [6.45, 7) is 1.91. The first-order valence-corrected chi connectivity index (χ1v) is 40.2. The summed E-state index contributed by atoms with van der Waals surface area (Å²) in [4.78, 5) is 120. The summed E-state index contributed by atoms with van der Waals surface area (Å²) in [5, 5.41) is 29.3. The average Bonchev–Trinajstić information content (AvgIpc) is 0.811. The number of fused-ring (bicyclic) bond motifs is 2. The number of aromatic nitrogens is 4. The van der Waals surface area contributed by atoms with Crippen LogP contribution in [0.1, 0.15) is 88.9 Å². The standard InChI is InChI=1S/2C24H17BrClN3O2.C21H17BrClN3O2.C20H15BrClN3O2/c25-16-8-13-21(27-14-16)24(31)29-23(28-18-11-9-17(26)10-12-18)22(30)20-7-3-5-15-4-1-2-6-19(15)20;25-18-7-12-21(27-14-18)24(31)29-23(28-20-10-8-19(26)9-11-20)22(30)17-6-5-15-3-1-2-4-16(15)13-17;1-13-3-2-4-14(11-13)19(27)20(25-17-8-6-16(23)7-9-17)26-21(28)18-10-5-15(22)12-24-18;21-14-6-11-17(23-12-14)20(27)25-19(18(26)13-4-2-1-3-5-13)24-16-9-7-15(22)8-10-16/h2*1-14,23,28H,(H,29,31);2-12,20,25H,1H3,(H,26,28);1-12,19,24H,(H,25,27). The van der Waals surface area contributed by atoms with Gasteiger partial charge in [0.25, 0.3) is 23.6 Å². The number of pyridine rings is 4. The van der Waals surface area contributed by atoms with E-state index >= 15 is 0 Å². The number of Topliss-reactive ketones (excluding diaryl/α,β-unsaturated/α-hetero) is 4. The maximum Gasteiger partial charge on any atom is 0.271 e. The van der Waals surface area contributed by atoms with E-state index in [1.54, 1.807) is 200 Å². The third-order valence-electron chi connectivity index (χ3n) is 17.1. The van der Waals surface area contributed by atoms with Crippen molar-refractivity contribution in [3.63, 3.8) is 0 Å². The molecule has 586 valence electrons. The van der Waals surface area contributed by atoms with Crippen LogP contribution in [0.2, 0.25) is 20.1 Å². The lowest BCUT2D eigenvalue weighted by atomic mass is 10.00. The topological polar surface area (TPSA) is 284 Å². The molecule has 28 heteroatoms. The number of carbonyl (C=O) groups excluding carboxylic acids is 8. The van der Waals surface area contributed by atoms with E-state index in [1.165, 1.54) is 24.8 Å². The minimum Gasteiger partial charge on any atom is -0.359 e. The number of carbonyl (C=O) groups is 8. The Morgan fingerprint density at radius 1 is 0.282 bits per heavy atom. The fraction of sp³-hybridized carbons (Fsp3) is 0.0562. The number of aryl methyl sites for hydroxylation is 1. The highest BCUT2D eigenvalue weighted by molar-refractivity contribution is 9.11. The number of hydrogen-bond donors (Lipinski definition) is 8. The molecule has 4 amide bonds. The van der Waals surface area contributed by atoms with Gasteiger partial charge in [-0.15, -0.1) is 0 Å². The van der Waals surface area contributed by atoms with Crippen molar-refractivity contribution in [3.8, 4) is 0 Å². The van der Waals surface area contributed by atoms with E-state index in [-0.39, 0.29) is 45.9 Å². The normalized spacial score (nSPS) is 11.6. The summed E-state index contributed by atoms with van der Waals surface area (Å²) < 4.78 is 3.03. The van der Waals surface area contributed by atoms with E-state index in [9.17, 15) is 38.4 Å². The van der Waals surface area contributed by atoms with Crippen LogP contribution in [0.5, 0.6) is 0 Å². The molecule has 0 radical (unpaired) electrons. The van der Waals surface area contributed by atoms with Gasteiger partial charge in [-0.2, -0.15) is 0 Å². The van der Waals surface area contributed by atoms with Crippen LogP contribution < -0.4 is 42.5 Å². The van der Waals surface area contributed by atoms with Crippen molar-refractivity contribution in [2.75, 3.05) is 21.3 Å². The van der Waals surface area contributed by atoms with Gasteiger partial charge in [0, 0.05) is 108 Å². The molecule has 8 N–H and O–H groups in total. The minimum atomic E-state index is -1.01. The van der Waals surface area contributed by atoms with Crippen molar-refractivity contribution in [1.82, 2.24) is 41.2 Å². The number of nitrogens with one attached hydrogen (secondary N) is 8. The Labute approximate surface area is 725 Å². The zero-order valence-corrected chi connectivity index (χ0v) is 70.7. The third kappa shape index (κ3) is 25.3. The average molecular weight is 1890 g/mol. The molecule has 4 heterocycles. The van der Waals surface area contributed by atoms with Crippen molar-refractivity contribution in [2.24, 2.45) is 0 Å². The zero-order valence-electron chi connectivity index (χ0n) is 61.3. The molecule has 4 unspecified atom stereocenters. The number of anilines is 4. The molecule has 0 aliphatic heterocycles. The number of benzene rings is 10. The maximum atomic E-state index is 13.5. The Hall–Kier alpha value is -11.8. The first kappa shape index (κ1) is 86.0. The summed E-state index contributed by atoms with van der Waals surface area (Å²) in [5.74, 6) is -2.91. The number of halogens is 8. The molecule has 14 rings (SSSR count). The number of hydrogen-bond acceptors (Lipinski definition) is 16. The molecule has 0 saturated heterocycles. The van der Waals surface area contributed by atoms with E-state index in [1.807, 2.05) is 91.9 Å². The van der Waals surface area contributed by atoms with Gasteiger partial charge >= 0.3 is 0 Å². The van der Waals surface area contributed by atoms with Gasteiger partial charge in [-0.05, 0) is 250 Å². The quantitative estimate of drug-likeness (QED) is 0.0206. The van der Waals surface area contributed by atoms with Crippen LogP contribution in [0, 0.1) is 6.92 Å². The molecule has 14 aromatic rings. The Kier molecular flexibility index (Phi) is 31.0. The van der Waals surface area contributed by atoms with Crippen LogP contribution in [-0.2, 0) is 0 Å². The van der Waals surface area contributed by atoms with Gasteiger partial charge < -0.3 is 42.5 Å². The van der Waals surface area contributed by atoms with Crippen LogP contribution >= 0.6 is 110 Å². The Bertz CT molecular complexity index is 5830. The molecule has 20 nitrogen and oxygen atoms in total. The Morgan fingerprint density at radius 2 is 0.590 bits per heavy atom. The van der Waals surface area contributed by atoms with Gasteiger partial charge in [0.1, 0.15) is 22.8 Å². The zero-order chi connectivity index (χ0) is 82.9. The number of amides is 4. The van der Waals surface area contributed by atoms with Gasteiger partial charge in [0.2, 0.25) is 23.1 Å². The SMILES string of the molecule is Cc1cccc(C(=O)C(NC(=O)c2ccc(Br)cn2)Nc2ccc(Cl)cc2)c1.O=C(NC(Nc1ccc(Cl)cc1)C(=O)c1ccc2ccccc2c1)c1ccc(Br)cn1.O=C(NC(Nc1ccc(Cl)cc1)C(=O)c1cccc2ccccc12)c1ccc(Br)cn1.O=C(NC(Nc1ccc(Cl)cc1)C(=O)c1ccccc1)c1ccc(Br)cn1. The van der Waals surface area contributed by atoms with E-state index in [0.717, 1.165) is 45.0 Å². The molecular weight excluding hydrogens is 1830 g/mol. The minimum absolute atomic E-state index is 0.205. The second kappa shape index (κ2) is 42.2. The van der Waals surface area contributed by atoms with Gasteiger partial charge in [0.05, 0.1) is 0 Å². The summed E-state index contributed by atoms with van der Waals surface area (Å²) >= 11 is 36.9. The predicted molar refractivity (Wildman–Crippen MR) is 476 cm³/mol. The molecule has 4 atom stereocenters. The van der Waals surface area contributed by atoms with E-state index < -0.39 is 48.3 Å². The van der Waals surface area contributed by atoms with Crippen molar-refractivity contribution in [3.05, 3.63) is 398 Å². The summed E-state index contributed by atoms with van der Waals surface area (Å²) in [6, 6.07) is 83.1. The Morgan fingerprint density at radius 3 is 0.957 bits per heavy atom. The maximum absolute atomic E-state index is 13.5. The van der Waals surface area contributed by atoms with Gasteiger partial charge in [0.15, 0.2) is 24.7 Å². The molecule has 0 spiro atoms. The lowest BCUT2D eigenvalue weighted by Crippen LogP contribution is -2.46. The molecule has 117 heavy (non-hydrogen) atoms. The second-order valence-corrected chi connectivity index (χ2v) is 30.9. The number of nitrogens with zero attached hydrogens (tertiary/aromatic N) is 4. The van der Waals surface area contributed by atoms with Crippen LogP contribution in [0.25, 0.3) is 21.5 Å². The highest BCUT2D eigenvalue weighted by Crippen LogP contribution is 2.26. The van der Waals surface area contributed by atoms with Crippen LogP contribution in [0.15, 0.2) is 328 Å². The fourth-order valence-corrected chi connectivity index (χ4v) is 12.7. The number of ketones is 4. The molecule has 0 aliphatic carbocycles. The molecule has 0 bridgehead atoms. The first-order valence-electron chi connectivity index (χ1n) is 35.5. The smallest absolute Gasteiger partial charge is 0.271 e. The molecule has 0 saturated carbocycles. The van der Waals surface area contributed by atoms with Crippen LogP contribution in [-0.4, -0.2) is 91.4 Å². The Balaban J connectivity index is 0.000000153. The highest BCUT2D eigenvalue weighted by Gasteiger charge is 2.29. The number of rotatable bonds is 24. The van der Waals surface area contributed by atoms with E-state index in [2.05, 4.69) is 126 Å². The summed E-state index contributed by atoms with van der Waals surface area (Å²) in [7, 11) is 0. The van der Waals surface area contributed by atoms with Gasteiger partial charge in [-0.25, -0.2) is 19.9 Å². The lowest BCUT2D eigenvalue weighted by Gasteiger charge is -2.21. The molecule has 4 aromatic heterocycles. The molecule has 10 aromatic carbocycles. The second-order valence-electron chi connectivity index (χ2n) is 25.5.